The molecule has 1 atom stereocenters. The normalized spacial score (nSPS) is 11.9. The molecule has 0 aliphatic carbocycles. The highest BCUT2D eigenvalue weighted by Gasteiger charge is 2.15. The van der Waals surface area contributed by atoms with Crippen LogP contribution in [0.2, 0.25) is 0 Å². The van der Waals surface area contributed by atoms with Crippen LogP contribution in [0.15, 0.2) is 65.1 Å². The zero-order valence-corrected chi connectivity index (χ0v) is 13.3. The standard InChI is InChI=1S/C19H18N2O3/c1-13(17-11-15-9-5-6-10-16(15)24-17)21-18(22)12-20-19(23)14-7-3-2-4-8-14/h2-11,13H,12H2,1H3,(H,20,23)(H,21,22). The van der Waals surface area contributed by atoms with E-state index in [1.807, 2.05) is 43.3 Å². The molecule has 0 bridgehead atoms. The second kappa shape index (κ2) is 7.00. The maximum atomic E-state index is 12.0. The first kappa shape index (κ1) is 15.8. The maximum absolute atomic E-state index is 12.0. The Morgan fingerprint density at radius 2 is 1.75 bits per heavy atom. The number of benzene rings is 2. The van der Waals surface area contributed by atoms with Crippen LogP contribution in [-0.2, 0) is 4.79 Å². The molecule has 122 valence electrons. The Morgan fingerprint density at radius 3 is 2.50 bits per heavy atom. The van der Waals surface area contributed by atoms with Gasteiger partial charge in [-0.2, -0.15) is 0 Å². The van der Waals surface area contributed by atoms with E-state index in [9.17, 15) is 9.59 Å². The zero-order chi connectivity index (χ0) is 16.9. The lowest BCUT2D eigenvalue weighted by Gasteiger charge is -2.12. The molecule has 0 aliphatic heterocycles. The third-order valence-corrected chi connectivity index (χ3v) is 3.69. The highest BCUT2D eigenvalue weighted by Crippen LogP contribution is 2.23. The van der Waals surface area contributed by atoms with Gasteiger partial charge in [0.05, 0.1) is 12.6 Å². The third-order valence-electron chi connectivity index (χ3n) is 3.69. The molecule has 3 rings (SSSR count). The topological polar surface area (TPSA) is 71.3 Å². The average molecular weight is 322 g/mol. The molecule has 2 aromatic carbocycles. The van der Waals surface area contributed by atoms with Crippen molar-refractivity contribution in [2.24, 2.45) is 0 Å². The minimum atomic E-state index is -0.279. The Labute approximate surface area is 139 Å². The summed E-state index contributed by atoms with van der Waals surface area (Å²) < 4.78 is 5.72. The van der Waals surface area contributed by atoms with Gasteiger partial charge in [-0.1, -0.05) is 36.4 Å². The van der Waals surface area contributed by atoms with Crippen molar-refractivity contribution in [3.63, 3.8) is 0 Å². The summed E-state index contributed by atoms with van der Waals surface area (Å²) in [7, 11) is 0. The number of para-hydroxylation sites is 1. The summed E-state index contributed by atoms with van der Waals surface area (Å²) in [4.78, 5) is 23.9. The van der Waals surface area contributed by atoms with Crippen molar-refractivity contribution >= 4 is 22.8 Å². The molecule has 2 N–H and O–H groups in total. The van der Waals surface area contributed by atoms with E-state index in [4.69, 9.17) is 4.42 Å². The van der Waals surface area contributed by atoms with Crippen LogP contribution in [0.4, 0.5) is 0 Å². The van der Waals surface area contributed by atoms with Gasteiger partial charge < -0.3 is 15.1 Å². The molecule has 0 spiro atoms. The van der Waals surface area contributed by atoms with Gasteiger partial charge in [-0.15, -0.1) is 0 Å². The van der Waals surface area contributed by atoms with Gasteiger partial charge in [0, 0.05) is 10.9 Å². The molecule has 0 aliphatic rings. The first-order chi connectivity index (χ1) is 11.6. The van der Waals surface area contributed by atoms with E-state index in [0.29, 0.717) is 11.3 Å². The predicted molar refractivity (Wildman–Crippen MR) is 91.5 cm³/mol. The number of rotatable bonds is 5. The van der Waals surface area contributed by atoms with Crippen molar-refractivity contribution in [2.45, 2.75) is 13.0 Å². The van der Waals surface area contributed by atoms with Crippen LogP contribution in [-0.4, -0.2) is 18.4 Å². The number of nitrogens with one attached hydrogen (secondary N) is 2. The second-order valence-electron chi connectivity index (χ2n) is 5.52. The van der Waals surface area contributed by atoms with Gasteiger partial charge in [0.2, 0.25) is 5.91 Å². The molecule has 2 amide bonds. The van der Waals surface area contributed by atoms with Crippen molar-refractivity contribution in [2.75, 3.05) is 6.54 Å². The van der Waals surface area contributed by atoms with Gasteiger partial charge in [-0.05, 0) is 31.2 Å². The van der Waals surface area contributed by atoms with Crippen LogP contribution in [0.1, 0.15) is 29.1 Å². The maximum Gasteiger partial charge on any atom is 0.251 e. The fraction of sp³-hybridized carbons (Fsp3) is 0.158. The molecule has 0 saturated carbocycles. The van der Waals surface area contributed by atoms with Crippen molar-refractivity contribution in [1.82, 2.24) is 10.6 Å². The van der Waals surface area contributed by atoms with Crippen LogP contribution in [0.3, 0.4) is 0 Å². The van der Waals surface area contributed by atoms with E-state index >= 15 is 0 Å². The molecule has 24 heavy (non-hydrogen) atoms. The molecular weight excluding hydrogens is 304 g/mol. The summed E-state index contributed by atoms with van der Waals surface area (Å²) in [6.07, 6.45) is 0. The Morgan fingerprint density at radius 1 is 1.04 bits per heavy atom. The molecule has 5 nitrogen and oxygen atoms in total. The Bertz CT molecular complexity index is 822. The Balaban J connectivity index is 1.55. The summed E-state index contributed by atoms with van der Waals surface area (Å²) >= 11 is 0. The third kappa shape index (κ3) is 3.63. The fourth-order valence-electron chi connectivity index (χ4n) is 2.43. The minimum absolute atomic E-state index is 0.0850. The molecule has 1 heterocycles. The van der Waals surface area contributed by atoms with E-state index in [1.165, 1.54) is 0 Å². The van der Waals surface area contributed by atoms with E-state index in [2.05, 4.69) is 10.6 Å². The number of fused-ring (bicyclic) bond motifs is 1. The largest absolute Gasteiger partial charge is 0.459 e. The number of hydrogen-bond acceptors (Lipinski definition) is 3. The van der Waals surface area contributed by atoms with Gasteiger partial charge in [-0.25, -0.2) is 0 Å². The van der Waals surface area contributed by atoms with Crippen LogP contribution >= 0.6 is 0 Å². The Kier molecular flexibility index (Phi) is 4.61. The lowest BCUT2D eigenvalue weighted by atomic mass is 10.2. The fourth-order valence-corrected chi connectivity index (χ4v) is 2.43. The van der Waals surface area contributed by atoms with Gasteiger partial charge in [0.15, 0.2) is 0 Å². The number of hydrogen-bond donors (Lipinski definition) is 2. The van der Waals surface area contributed by atoms with Crippen molar-refractivity contribution in [1.29, 1.82) is 0 Å². The average Bonchev–Trinajstić information content (AvgIpc) is 3.05. The van der Waals surface area contributed by atoms with Gasteiger partial charge >= 0.3 is 0 Å². The zero-order valence-electron chi connectivity index (χ0n) is 13.3. The summed E-state index contributed by atoms with van der Waals surface area (Å²) in [5.74, 6) is 0.133. The van der Waals surface area contributed by atoms with Crippen LogP contribution in [0.25, 0.3) is 11.0 Å². The van der Waals surface area contributed by atoms with E-state index in [1.54, 1.807) is 24.3 Å². The lowest BCUT2D eigenvalue weighted by molar-refractivity contribution is -0.120. The molecular formula is C19H18N2O3. The SMILES string of the molecule is CC(NC(=O)CNC(=O)c1ccccc1)c1cc2ccccc2o1. The number of furan rings is 1. The molecule has 1 unspecified atom stereocenters. The first-order valence-electron chi connectivity index (χ1n) is 7.74. The summed E-state index contributed by atoms with van der Waals surface area (Å²) in [5, 5.41) is 6.41. The number of carbonyl (C=O) groups is 2. The highest BCUT2D eigenvalue weighted by molar-refractivity contribution is 5.96. The van der Waals surface area contributed by atoms with Gasteiger partial charge in [-0.3, -0.25) is 9.59 Å². The summed E-state index contributed by atoms with van der Waals surface area (Å²) in [6.45, 7) is 1.76. The molecule has 1 aromatic heterocycles. The number of amides is 2. The Hall–Kier alpha value is -3.08. The molecule has 0 fully saturated rings. The molecule has 3 aromatic rings. The second-order valence-corrected chi connectivity index (χ2v) is 5.52. The van der Waals surface area contributed by atoms with Crippen molar-refractivity contribution in [3.8, 4) is 0 Å². The molecule has 0 radical (unpaired) electrons. The van der Waals surface area contributed by atoms with Crippen molar-refractivity contribution in [3.05, 3.63) is 72.0 Å². The van der Waals surface area contributed by atoms with E-state index < -0.39 is 0 Å². The van der Waals surface area contributed by atoms with Crippen LogP contribution in [0.5, 0.6) is 0 Å². The van der Waals surface area contributed by atoms with Gasteiger partial charge in [0.25, 0.3) is 5.91 Å². The number of carbonyl (C=O) groups excluding carboxylic acids is 2. The quantitative estimate of drug-likeness (QED) is 0.758. The predicted octanol–water partition coefficient (Wildman–Crippen LogP) is 3.04. The minimum Gasteiger partial charge on any atom is -0.459 e. The summed E-state index contributed by atoms with van der Waals surface area (Å²) in [5.41, 5.74) is 1.31. The molecule has 5 heteroatoms. The molecule has 0 saturated heterocycles. The lowest BCUT2D eigenvalue weighted by Crippen LogP contribution is -2.37. The summed E-state index contributed by atoms with van der Waals surface area (Å²) in [6, 6.07) is 18.1. The van der Waals surface area contributed by atoms with Crippen molar-refractivity contribution < 1.29 is 14.0 Å². The highest BCUT2D eigenvalue weighted by atomic mass is 16.3. The van der Waals surface area contributed by atoms with Crippen LogP contribution in [0, 0.1) is 0 Å². The first-order valence-corrected chi connectivity index (χ1v) is 7.74. The smallest absolute Gasteiger partial charge is 0.251 e. The monoisotopic (exact) mass is 322 g/mol. The van der Waals surface area contributed by atoms with E-state index in [0.717, 1.165) is 11.0 Å². The van der Waals surface area contributed by atoms with E-state index in [-0.39, 0.29) is 24.4 Å². The van der Waals surface area contributed by atoms with Crippen LogP contribution < -0.4 is 10.6 Å². The van der Waals surface area contributed by atoms with Gasteiger partial charge in [0.1, 0.15) is 11.3 Å².